The van der Waals surface area contributed by atoms with E-state index < -0.39 is 23.8 Å². The number of aryl methyl sites for hydroxylation is 1. The number of benzene rings is 2. The van der Waals surface area contributed by atoms with Gasteiger partial charge in [-0.05, 0) is 37.0 Å². The molecule has 0 unspecified atom stereocenters. The Balaban J connectivity index is 1.40. The minimum absolute atomic E-state index is 0.0707. The number of hydrogen-bond acceptors (Lipinski definition) is 7. The summed E-state index contributed by atoms with van der Waals surface area (Å²) in [6.07, 6.45) is -3.75. The Morgan fingerprint density at radius 2 is 1.72 bits per heavy atom. The summed E-state index contributed by atoms with van der Waals surface area (Å²) in [5.41, 5.74) is 0.747. The molecule has 0 radical (unpaired) electrons. The Hall–Kier alpha value is -4.59. The fourth-order valence-electron chi connectivity index (χ4n) is 5.40. The summed E-state index contributed by atoms with van der Waals surface area (Å²) in [5, 5.41) is 12.5. The number of carbonyl (C=O) groups excluding carboxylic acids is 3. The van der Waals surface area contributed by atoms with Gasteiger partial charge in [0.05, 0.1) is 18.2 Å². The monoisotopic (exact) mass is 667 g/mol. The molecular weight excluding hydrogens is 631 g/mol. The van der Waals surface area contributed by atoms with Crippen molar-refractivity contribution < 1.29 is 27.6 Å². The lowest BCUT2D eigenvalue weighted by atomic mass is 10.0. The maximum atomic E-state index is 13.8. The molecule has 248 valence electrons. The van der Waals surface area contributed by atoms with E-state index in [1.165, 1.54) is 12.1 Å². The largest absolute Gasteiger partial charge is 0.416 e. The van der Waals surface area contributed by atoms with Gasteiger partial charge in [-0.15, -0.1) is 11.3 Å². The lowest BCUT2D eigenvalue weighted by Gasteiger charge is -2.27. The van der Waals surface area contributed by atoms with Crippen molar-refractivity contribution in [1.82, 2.24) is 35.3 Å². The van der Waals surface area contributed by atoms with Crippen LogP contribution in [0.5, 0.6) is 0 Å². The zero-order valence-corrected chi connectivity index (χ0v) is 27.1. The number of nitrogens with one attached hydrogen (secondary N) is 2. The van der Waals surface area contributed by atoms with Crippen molar-refractivity contribution in [3.63, 3.8) is 0 Å². The molecule has 0 fully saturated rings. The highest BCUT2D eigenvalue weighted by atomic mass is 32.1. The van der Waals surface area contributed by atoms with Gasteiger partial charge < -0.3 is 15.5 Å². The fraction of sp³-hybridized carbons (Fsp3) is 0.394. The van der Waals surface area contributed by atoms with Crippen LogP contribution >= 0.6 is 11.3 Å². The van der Waals surface area contributed by atoms with Gasteiger partial charge in [0.1, 0.15) is 28.4 Å². The molecule has 2 aromatic heterocycles. The highest BCUT2D eigenvalue weighted by Crippen LogP contribution is 2.32. The summed E-state index contributed by atoms with van der Waals surface area (Å²) in [6.45, 7) is 6.40. The van der Waals surface area contributed by atoms with E-state index in [1.54, 1.807) is 21.9 Å². The molecule has 3 heterocycles. The molecule has 0 bridgehead atoms. The van der Waals surface area contributed by atoms with Gasteiger partial charge in [-0.3, -0.25) is 14.4 Å². The lowest BCUT2D eigenvalue weighted by Crippen LogP contribution is -2.50. The quantitative estimate of drug-likeness (QED) is 0.302. The summed E-state index contributed by atoms with van der Waals surface area (Å²) < 4.78 is 40.8. The summed E-state index contributed by atoms with van der Waals surface area (Å²) in [4.78, 5) is 51.2. The van der Waals surface area contributed by atoms with Gasteiger partial charge in [0.25, 0.3) is 5.91 Å². The molecule has 2 atom stereocenters. The maximum Gasteiger partial charge on any atom is 0.416 e. The van der Waals surface area contributed by atoms with Gasteiger partial charge in [-0.25, -0.2) is 14.6 Å². The van der Waals surface area contributed by atoms with Crippen molar-refractivity contribution in [1.29, 1.82) is 0 Å². The SMILES string of the molecule is Cc1nc2n(n1)CCN(C(=O)c1csc(-c3ccc(C(F)(F)F)cc3)n1)CCCC(=O)N[C@@H](Cc1ccccc1)C(=O)N[C@@H]2C(C)C. The topological polar surface area (TPSA) is 122 Å². The Kier molecular flexibility index (Phi) is 10.4. The van der Waals surface area contributed by atoms with Gasteiger partial charge in [-0.2, -0.15) is 18.3 Å². The van der Waals surface area contributed by atoms with Crippen LogP contribution in [0.1, 0.15) is 66.0 Å². The minimum Gasteiger partial charge on any atom is -0.344 e. The summed E-state index contributed by atoms with van der Waals surface area (Å²) in [6, 6.07) is 12.7. The average Bonchev–Trinajstić information content (AvgIpc) is 3.67. The third kappa shape index (κ3) is 8.42. The normalized spacial score (nSPS) is 18.3. The fourth-order valence-corrected chi connectivity index (χ4v) is 6.20. The molecule has 2 N–H and O–H groups in total. The first-order chi connectivity index (χ1) is 22.4. The van der Waals surface area contributed by atoms with Crippen LogP contribution in [0, 0.1) is 12.8 Å². The van der Waals surface area contributed by atoms with Crippen molar-refractivity contribution >= 4 is 29.1 Å². The molecule has 1 aliphatic heterocycles. The number of alkyl halides is 3. The Bertz CT molecular complexity index is 1700. The minimum atomic E-state index is -4.45. The van der Waals surface area contributed by atoms with Crippen molar-refractivity contribution in [2.75, 3.05) is 13.1 Å². The Labute approximate surface area is 274 Å². The van der Waals surface area contributed by atoms with Crippen molar-refractivity contribution in [3.8, 4) is 10.6 Å². The van der Waals surface area contributed by atoms with Crippen LogP contribution in [0.2, 0.25) is 0 Å². The second kappa shape index (κ2) is 14.4. The van der Waals surface area contributed by atoms with E-state index in [9.17, 15) is 27.6 Å². The first-order valence-corrected chi connectivity index (χ1v) is 16.2. The van der Waals surface area contributed by atoms with Gasteiger partial charge >= 0.3 is 6.18 Å². The predicted octanol–water partition coefficient (Wildman–Crippen LogP) is 5.21. The molecule has 14 heteroatoms. The highest BCUT2D eigenvalue weighted by Gasteiger charge is 2.31. The first-order valence-electron chi connectivity index (χ1n) is 15.4. The number of fused-ring (bicyclic) bond motifs is 1. The van der Waals surface area contributed by atoms with E-state index in [0.717, 1.165) is 29.0 Å². The van der Waals surface area contributed by atoms with Gasteiger partial charge in [0.15, 0.2) is 0 Å². The van der Waals surface area contributed by atoms with Gasteiger partial charge in [0, 0.05) is 36.9 Å². The Morgan fingerprint density at radius 1 is 1.00 bits per heavy atom. The standard InChI is InChI=1S/C33H36F3N7O3S/c1-20(2)28-29-37-21(3)41-43(29)17-16-42(15-7-10-27(44)38-25(30(45)40-28)18-22-8-5-4-6-9-22)32(46)26-19-47-31(39-26)23-11-13-24(14-12-23)33(34,35)36/h4-6,8-9,11-14,19-20,25,28H,7,10,15-18H2,1-3H3,(H,38,44)(H,40,45)/t25-,28+/m0/s1. The molecule has 10 nitrogen and oxygen atoms in total. The summed E-state index contributed by atoms with van der Waals surface area (Å²) >= 11 is 1.16. The van der Waals surface area contributed by atoms with E-state index in [1.807, 2.05) is 44.2 Å². The summed E-state index contributed by atoms with van der Waals surface area (Å²) in [5.74, 6) is -0.0342. The van der Waals surface area contributed by atoms with Crippen molar-refractivity contribution in [2.45, 2.75) is 64.8 Å². The van der Waals surface area contributed by atoms with E-state index in [0.29, 0.717) is 35.1 Å². The zero-order chi connectivity index (χ0) is 33.7. The van der Waals surface area contributed by atoms with Crippen LogP contribution in [0.3, 0.4) is 0 Å². The number of carbonyl (C=O) groups is 3. The number of thiazole rings is 1. The Morgan fingerprint density at radius 3 is 2.40 bits per heavy atom. The molecule has 0 spiro atoms. The number of hydrogen-bond donors (Lipinski definition) is 2. The second-order valence-electron chi connectivity index (χ2n) is 11.8. The van der Waals surface area contributed by atoms with Gasteiger partial charge in [-0.1, -0.05) is 56.3 Å². The molecular formula is C33H36F3N7O3S. The average molecular weight is 668 g/mol. The second-order valence-corrected chi connectivity index (χ2v) is 12.6. The molecule has 3 amide bonds. The van der Waals surface area contributed by atoms with E-state index in [2.05, 4.69) is 25.7 Å². The lowest BCUT2D eigenvalue weighted by molar-refractivity contribution is -0.137. The number of halogens is 3. The van der Waals surface area contributed by atoms with Crippen LogP contribution in [0.4, 0.5) is 13.2 Å². The number of nitrogens with zero attached hydrogens (tertiary/aromatic N) is 5. The smallest absolute Gasteiger partial charge is 0.344 e. The third-order valence-electron chi connectivity index (χ3n) is 7.87. The van der Waals surface area contributed by atoms with Crippen LogP contribution in [-0.4, -0.2) is 61.5 Å². The zero-order valence-electron chi connectivity index (χ0n) is 26.3. The molecule has 5 rings (SSSR count). The molecule has 2 aromatic carbocycles. The van der Waals surface area contributed by atoms with Gasteiger partial charge in [0.2, 0.25) is 11.8 Å². The van der Waals surface area contributed by atoms with E-state index in [4.69, 9.17) is 0 Å². The van der Waals surface area contributed by atoms with Crippen molar-refractivity contribution in [2.24, 2.45) is 5.92 Å². The highest BCUT2D eigenvalue weighted by molar-refractivity contribution is 7.13. The van der Waals surface area contributed by atoms with E-state index in [-0.39, 0.29) is 55.4 Å². The van der Waals surface area contributed by atoms with Crippen LogP contribution in [0.25, 0.3) is 10.6 Å². The number of rotatable bonds is 5. The molecule has 4 aromatic rings. The first kappa shape index (κ1) is 33.8. The number of aromatic nitrogens is 4. The van der Waals surface area contributed by atoms with E-state index >= 15 is 0 Å². The third-order valence-corrected chi connectivity index (χ3v) is 8.76. The van der Waals surface area contributed by atoms with Crippen LogP contribution < -0.4 is 10.6 Å². The van der Waals surface area contributed by atoms with Crippen molar-refractivity contribution in [3.05, 3.63) is 88.4 Å². The van der Waals surface area contributed by atoms with Crippen LogP contribution in [0.15, 0.2) is 60.0 Å². The summed E-state index contributed by atoms with van der Waals surface area (Å²) in [7, 11) is 0. The molecule has 0 saturated heterocycles. The predicted molar refractivity (Wildman–Crippen MR) is 170 cm³/mol. The van der Waals surface area contributed by atoms with Crippen LogP contribution in [-0.2, 0) is 28.7 Å². The molecule has 1 aliphatic rings. The molecule has 0 saturated carbocycles. The maximum absolute atomic E-state index is 13.8. The molecule has 0 aliphatic carbocycles. The number of amides is 3. The molecule has 47 heavy (non-hydrogen) atoms.